The summed E-state index contributed by atoms with van der Waals surface area (Å²) in [5, 5.41) is 2.96. The first-order valence-corrected chi connectivity index (χ1v) is 10.7. The lowest BCUT2D eigenvalue weighted by atomic mass is 9.78. The molecule has 0 heterocycles. The Labute approximate surface area is 174 Å². The predicted octanol–water partition coefficient (Wildman–Crippen LogP) is 4.82. The average molecular weight is 406 g/mol. The van der Waals surface area contributed by atoms with Gasteiger partial charge in [-0.05, 0) is 63.1 Å². The van der Waals surface area contributed by atoms with Crippen molar-refractivity contribution in [1.29, 1.82) is 0 Å². The number of ether oxygens (including phenoxy) is 3. The Morgan fingerprint density at radius 2 is 2.00 bits per heavy atom. The molecule has 1 aromatic rings. The number of rotatable bonds is 9. The summed E-state index contributed by atoms with van der Waals surface area (Å²) in [6, 6.07) is 5.08. The van der Waals surface area contributed by atoms with Gasteiger partial charge in [0.15, 0.2) is 0 Å². The highest BCUT2D eigenvalue weighted by atomic mass is 16.5. The van der Waals surface area contributed by atoms with E-state index in [1.807, 2.05) is 20.8 Å². The van der Waals surface area contributed by atoms with Crippen molar-refractivity contribution in [2.75, 3.05) is 25.1 Å². The van der Waals surface area contributed by atoms with E-state index in [4.69, 9.17) is 14.2 Å². The third-order valence-electron chi connectivity index (χ3n) is 5.10. The minimum atomic E-state index is -0.816. The van der Waals surface area contributed by atoms with Gasteiger partial charge in [-0.3, -0.25) is 4.79 Å². The number of amides is 1. The number of anilines is 1. The molecule has 0 aliphatic heterocycles. The van der Waals surface area contributed by atoms with Crippen LogP contribution in [0.15, 0.2) is 18.2 Å². The fourth-order valence-electron chi connectivity index (χ4n) is 3.79. The molecule has 1 saturated carbocycles. The fraction of sp³-hybridized carbons (Fsp3) is 0.652. The van der Waals surface area contributed by atoms with Crippen LogP contribution in [0.1, 0.15) is 70.7 Å². The molecule has 29 heavy (non-hydrogen) atoms. The SMILES string of the molecule is CCOC(=O)c1cc(NC(=O)[C@]2(OCC)CCC[C@@H](C)C2)ccc1OCC(C)C. The Morgan fingerprint density at radius 3 is 2.62 bits per heavy atom. The van der Waals surface area contributed by atoms with Gasteiger partial charge in [-0.2, -0.15) is 0 Å². The topological polar surface area (TPSA) is 73.9 Å². The lowest BCUT2D eigenvalue weighted by molar-refractivity contribution is -0.147. The summed E-state index contributed by atoms with van der Waals surface area (Å²) in [5.41, 5.74) is 0.0311. The van der Waals surface area contributed by atoms with E-state index in [2.05, 4.69) is 12.2 Å². The first-order valence-electron chi connectivity index (χ1n) is 10.7. The molecule has 0 bridgehead atoms. The monoisotopic (exact) mass is 405 g/mol. The summed E-state index contributed by atoms with van der Waals surface area (Å²) < 4.78 is 16.9. The van der Waals surface area contributed by atoms with Gasteiger partial charge in [-0.1, -0.05) is 27.2 Å². The summed E-state index contributed by atoms with van der Waals surface area (Å²) in [4.78, 5) is 25.6. The van der Waals surface area contributed by atoms with Crippen molar-refractivity contribution in [3.63, 3.8) is 0 Å². The molecule has 1 aromatic carbocycles. The number of esters is 1. The first kappa shape index (κ1) is 23.2. The summed E-state index contributed by atoms with van der Waals surface area (Å²) in [6.07, 6.45) is 3.48. The van der Waals surface area contributed by atoms with Gasteiger partial charge in [0.25, 0.3) is 5.91 Å². The van der Waals surface area contributed by atoms with E-state index in [9.17, 15) is 9.59 Å². The van der Waals surface area contributed by atoms with Crippen LogP contribution in [0.2, 0.25) is 0 Å². The van der Waals surface area contributed by atoms with E-state index in [1.54, 1.807) is 25.1 Å². The van der Waals surface area contributed by atoms with Crippen LogP contribution >= 0.6 is 0 Å². The summed E-state index contributed by atoms with van der Waals surface area (Å²) >= 11 is 0. The maximum atomic E-state index is 13.1. The van der Waals surface area contributed by atoms with E-state index in [0.29, 0.717) is 54.9 Å². The van der Waals surface area contributed by atoms with Crippen LogP contribution in [-0.2, 0) is 14.3 Å². The molecule has 0 aromatic heterocycles. The van der Waals surface area contributed by atoms with Gasteiger partial charge in [0.2, 0.25) is 0 Å². The number of benzene rings is 1. The van der Waals surface area contributed by atoms with Crippen molar-refractivity contribution < 1.29 is 23.8 Å². The van der Waals surface area contributed by atoms with E-state index in [1.165, 1.54) is 0 Å². The Hall–Kier alpha value is -2.08. The highest BCUT2D eigenvalue weighted by Gasteiger charge is 2.42. The first-order chi connectivity index (χ1) is 13.8. The van der Waals surface area contributed by atoms with Gasteiger partial charge in [0.1, 0.15) is 16.9 Å². The van der Waals surface area contributed by atoms with Crippen molar-refractivity contribution in [2.24, 2.45) is 11.8 Å². The zero-order valence-corrected chi connectivity index (χ0v) is 18.4. The van der Waals surface area contributed by atoms with Crippen molar-refractivity contribution in [3.8, 4) is 5.75 Å². The van der Waals surface area contributed by atoms with Crippen LogP contribution in [0.4, 0.5) is 5.69 Å². The molecule has 6 heteroatoms. The lowest BCUT2D eigenvalue weighted by Crippen LogP contribution is -2.48. The zero-order chi connectivity index (χ0) is 21.4. The van der Waals surface area contributed by atoms with Crippen molar-refractivity contribution in [3.05, 3.63) is 23.8 Å². The third-order valence-corrected chi connectivity index (χ3v) is 5.10. The number of carbonyl (C=O) groups is 2. The Bertz CT molecular complexity index is 699. The van der Waals surface area contributed by atoms with Crippen molar-refractivity contribution in [2.45, 2.75) is 65.9 Å². The number of hydrogen-bond donors (Lipinski definition) is 1. The van der Waals surface area contributed by atoms with E-state index in [-0.39, 0.29) is 12.5 Å². The molecule has 1 aliphatic carbocycles. The molecule has 2 atom stereocenters. The summed E-state index contributed by atoms with van der Waals surface area (Å²) in [7, 11) is 0. The largest absolute Gasteiger partial charge is 0.492 e. The van der Waals surface area contributed by atoms with E-state index >= 15 is 0 Å². The van der Waals surface area contributed by atoms with Gasteiger partial charge in [0.05, 0.1) is 13.2 Å². The van der Waals surface area contributed by atoms with Gasteiger partial charge < -0.3 is 19.5 Å². The molecule has 0 radical (unpaired) electrons. The van der Waals surface area contributed by atoms with Crippen LogP contribution in [0.5, 0.6) is 5.75 Å². The second-order valence-electron chi connectivity index (χ2n) is 8.22. The molecular formula is C23H35NO5. The third kappa shape index (κ3) is 6.20. The Balaban J connectivity index is 2.25. The molecule has 0 spiro atoms. The zero-order valence-electron chi connectivity index (χ0n) is 18.4. The second-order valence-corrected chi connectivity index (χ2v) is 8.22. The van der Waals surface area contributed by atoms with Gasteiger partial charge >= 0.3 is 5.97 Å². The molecule has 162 valence electrons. The second kappa shape index (κ2) is 10.6. The van der Waals surface area contributed by atoms with E-state index < -0.39 is 11.6 Å². The van der Waals surface area contributed by atoms with Gasteiger partial charge in [-0.15, -0.1) is 0 Å². The number of nitrogens with one attached hydrogen (secondary N) is 1. The Morgan fingerprint density at radius 1 is 1.24 bits per heavy atom. The molecule has 1 N–H and O–H groups in total. The maximum Gasteiger partial charge on any atom is 0.341 e. The van der Waals surface area contributed by atoms with Gasteiger partial charge in [0, 0.05) is 12.3 Å². The highest BCUT2D eigenvalue weighted by molar-refractivity contribution is 5.99. The maximum absolute atomic E-state index is 13.1. The van der Waals surface area contributed by atoms with Crippen molar-refractivity contribution in [1.82, 2.24) is 0 Å². The van der Waals surface area contributed by atoms with Crippen LogP contribution in [-0.4, -0.2) is 37.3 Å². The molecule has 2 rings (SSSR count). The average Bonchev–Trinajstić information content (AvgIpc) is 2.67. The van der Waals surface area contributed by atoms with Crippen LogP contribution in [0, 0.1) is 11.8 Å². The Kier molecular flexibility index (Phi) is 8.50. The molecule has 1 aliphatic rings. The smallest absolute Gasteiger partial charge is 0.341 e. The van der Waals surface area contributed by atoms with Crippen LogP contribution in [0.3, 0.4) is 0 Å². The van der Waals surface area contributed by atoms with E-state index in [0.717, 1.165) is 12.8 Å². The number of carbonyl (C=O) groups excluding carboxylic acids is 2. The lowest BCUT2D eigenvalue weighted by Gasteiger charge is -2.38. The van der Waals surface area contributed by atoms with Crippen LogP contribution < -0.4 is 10.1 Å². The molecule has 0 unspecified atom stereocenters. The molecule has 1 fully saturated rings. The standard InChI is InChI=1S/C23H35NO5/c1-6-27-21(25)19-13-18(10-11-20(19)28-15-16(3)4)24-22(26)23(29-7-2)12-8-9-17(5)14-23/h10-11,13,16-17H,6-9,12,14-15H2,1-5H3,(H,24,26)/t17-,23+/m1/s1. The minimum absolute atomic E-state index is 0.156. The molecule has 0 saturated heterocycles. The van der Waals surface area contributed by atoms with Crippen molar-refractivity contribution >= 4 is 17.6 Å². The summed E-state index contributed by atoms with van der Waals surface area (Å²) in [6.45, 7) is 11.1. The predicted molar refractivity (Wildman–Crippen MR) is 113 cm³/mol. The molecule has 1 amide bonds. The molecule has 6 nitrogen and oxygen atoms in total. The quantitative estimate of drug-likeness (QED) is 0.596. The summed E-state index contributed by atoms with van der Waals surface area (Å²) in [5.74, 6) is 0.595. The minimum Gasteiger partial charge on any atom is -0.492 e. The normalized spacial score (nSPS) is 21.7. The van der Waals surface area contributed by atoms with Crippen LogP contribution in [0.25, 0.3) is 0 Å². The van der Waals surface area contributed by atoms with Gasteiger partial charge in [-0.25, -0.2) is 4.79 Å². The number of hydrogen-bond acceptors (Lipinski definition) is 5. The molecular weight excluding hydrogens is 370 g/mol. The fourth-order valence-corrected chi connectivity index (χ4v) is 3.79. The highest BCUT2D eigenvalue weighted by Crippen LogP contribution is 2.36.